The van der Waals surface area contributed by atoms with E-state index < -0.39 is 5.60 Å². The summed E-state index contributed by atoms with van der Waals surface area (Å²) >= 11 is 6.08. The van der Waals surface area contributed by atoms with Crippen LogP contribution < -0.4 is 0 Å². The fourth-order valence-electron chi connectivity index (χ4n) is 4.19. The standard InChI is InChI=1S/C23H34ClN3O3/c1-22(2,3)26-15-19(16-7-9-17(24)10-8-16)27(20(26)28)18-11-13-25(14-12-18)21(29)30-23(4,5)6/h7-10,18-19H,11-15H2,1-6H3. The molecule has 1 aromatic rings. The predicted octanol–water partition coefficient (Wildman–Crippen LogP) is 5.32. The van der Waals surface area contributed by atoms with Crippen LogP contribution in [0.5, 0.6) is 0 Å². The Labute approximate surface area is 185 Å². The molecule has 2 fully saturated rings. The van der Waals surface area contributed by atoms with Gasteiger partial charge in [0.1, 0.15) is 5.60 Å². The lowest BCUT2D eigenvalue weighted by atomic mass is 9.99. The van der Waals surface area contributed by atoms with Crippen LogP contribution in [0.2, 0.25) is 5.02 Å². The van der Waals surface area contributed by atoms with Crippen molar-refractivity contribution < 1.29 is 14.3 Å². The first-order valence-electron chi connectivity index (χ1n) is 10.7. The molecule has 0 N–H and O–H groups in total. The van der Waals surface area contributed by atoms with E-state index in [9.17, 15) is 9.59 Å². The molecule has 1 unspecified atom stereocenters. The van der Waals surface area contributed by atoms with Gasteiger partial charge in [-0.2, -0.15) is 0 Å². The number of amides is 3. The highest BCUT2D eigenvalue weighted by Gasteiger charge is 2.46. The molecule has 3 rings (SSSR count). The Hall–Kier alpha value is -1.95. The highest BCUT2D eigenvalue weighted by atomic mass is 35.5. The zero-order valence-electron chi connectivity index (χ0n) is 18.9. The number of carbonyl (C=O) groups is 2. The highest BCUT2D eigenvalue weighted by Crippen LogP contribution is 2.38. The highest BCUT2D eigenvalue weighted by molar-refractivity contribution is 6.30. The summed E-state index contributed by atoms with van der Waals surface area (Å²) in [5.74, 6) is 0. The van der Waals surface area contributed by atoms with Crippen LogP contribution in [0.25, 0.3) is 0 Å². The molecule has 0 spiro atoms. The Morgan fingerprint density at radius 1 is 1.03 bits per heavy atom. The molecule has 0 bridgehead atoms. The molecule has 166 valence electrons. The van der Waals surface area contributed by atoms with Crippen molar-refractivity contribution in [1.82, 2.24) is 14.7 Å². The molecular formula is C23H34ClN3O3. The van der Waals surface area contributed by atoms with Crippen molar-refractivity contribution in [2.45, 2.75) is 77.6 Å². The number of ether oxygens (including phenoxy) is 1. The minimum absolute atomic E-state index is 0.0212. The summed E-state index contributed by atoms with van der Waals surface area (Å²) in [6, 6.07) is 7.91. The molecule has 7 heteroatoms. The number of likely N-dealkylation sites (tertiary alicyclic amines) is 1. The van der Waals surface area contributed by atoms with Gasteiger partial charge in [0.25, 0.3) is 0 Å². The summed E-state index contributed by atoms with van der Waals surface area (Å²) in [5.41, 5.74) is 0.327. The number of hydrogen-bond donors (Lipinski definition) is 0. The third-order valence-corrected chi connectivity index (χ3v) is 5.97. The van der Waals surface area contributed by atoms with Gasteiger partial charge in [0.15, 0.2) is 0 Å². The summed E-state index contributed by atoms with van der Waals surface area (Å²) in [6.45, 7) is 13.7. The molecule has 6 nitrogen and oxygen atoms in total. The lowest BCUT2D eigenvalue weighted by Gasteiger charge is -2.39. The van der Waals surface area contributed by atoms with E-state index in [2.05, 4.69) is 20.8 Å². The lowest BCUT2D eigenvalue weighted by Crippen LogP contribution is -2.51. The zero-order chi connectivity index (χ0) is 22.3. The van der Waals surface area contributed by atoms with Crippen molar-refractivity contribution in [3.63, 3.8) is 0 Å². The van der Waals surface area contributed by atoms with E-state index in [1.54, 1.807) is 4.90 Å². The first-order chi connectivity index (χ1) is 13.9. The first kappa shape index (κ1) is 22.7. The zero-order valence-corrected chi connectivity index (χ0v) is 19.7. The topological polar surface area (TPSA) is 53.1 Å². The number of hydrogen-bond acceptors (Lipinski definition) is 3. The summed E-state index contributed by atoms with van der Waals surface area (Å²) in [7, 11) is 0. The smallest absolute Gasteiger partial charge is 0.410 e. The van der Waals surface area contributed by atoms with Gasteiger partial charge in [-0.05, 0) is 72.1 Å². The van der Waals surface area contributed by atoms with Crippen LogP contribution in [0.1, 0.15) is 66.0 Å². The van der Waals surface area contributed by atoms with Crippen molar-refractivity contribution >= 4 is 23.7 Å². The Kier molecular flexibility index (Phi) is 6.28. The SMILES string of the molecule is CC(C)(C)OC(=O)N1CCC(N2C(=O)N(C(C)(C)C)CC2c2ccc(Cl)cc2)CC1. The van der Waals surface area contributed by atoms with Crippen LogP contribution >= 0.6 is 11.6 Å². The molecule has 1 atom stereocenters. The maximum atomic E-state index is 13.4. The molecule has 2 saturated heterocycles. The molecule has 2 aliphatic heterocycles. The van der Waals surface area contributed by atoms with Crippen LogP contribution in [0.3, 0.4) is 0 Å². The third kappa shape index (κ3) is 5.02. The quantitative estimate of drug-likeness (QED) is 0.631. The van der Waals surface area contributed by atoms with Crippen LogP contribution in [0, 0.1) is 0 Å². The van der Waals surface area contributed by atoms with Gasteiger partial charge < -0.3 is 19.4 Å². The van der Waals surface area contributed by atoms with E-state index in [-0.39, 0.29) is 29.7 Å². The number of piperidine rings is 1. The van der Waals surface area contributed by atoms with Gasteiger partial charge in [-0.3, -0.25) is 0 Å². The Morgan fingerprint density at radius 3 is 2.10 bits per heavy atom. The fourth-order valence-corrected chi connectivity index (χ4v) is 4.31. The number of nitrogens with zero attached hydrogens (tertiary/aromatic N) is 3. The number of rotatable bonds is 2. The molecule has 30 heavy (non-hydrogen) atoms. The lowest BCUT2D eigenvalue weighted by molar-refractivity contribution is 0.0157. The number of benzene rings is 1. The van der Waals surface area contributed by atoms with Gasteiger partial charge >= 0.3 is 12.1 Å². The van der Waals surface area contributed by atoms with Gasteiger partial charge in [-0.15, -0.1) is 0 Å². The molecule has 0 saturated carbocycles. The Morgan fingerprint density at radius 2 is 1.60 bits per heavy atom. The Balaban J connectivity index is 1.77. The van der Waals surface area contributed by atoms with E-state index in [4.69, 9.17) is 16.3 Å². The monoisotopic (exact) mass is 435 g/mol. The molecule has 0 radical (unpaired) electrons. The largest absolute Gasteiger partial charge is 0.444 e. The summed E-state index contributed by atoms with van der Waals surface area (Å²) < 4.78 is 5.51. The van der Waals surface area contributed by atoms with E-state index in [0.29, 0.717) is 24.7 Å². The van der Waals surface area contributed by atoms with Crippen molar-refractivity contribution in [2.75, 3.05) is 19.6 Å². The summed E-state index contributed by atoms with van der Waals surface area (Å²) in [6.07, 6.45) is 1.21. The maximum Gasteiger partial charge on any atom is 0.410 e. The van der Waals surface area contributed by atoms with E-state index in [0.717, 1.165) is 18.4 Å². The van der Waals surface area contributed by atoms with Gasteiger partial charge in [0.2, 0.25) is 0 Å². The second kappa shape index (κ2) is 8.29. The van der Waals surface area contributed by atoms with Gasteiger partial charge in [-0.25, -0.2) is 9.59 Å². The second-order valence-electron chi connectivity index (χ2n) is 10.2. The van der Waals surface area contributed by atoms with Gasteiger partial charge in [-0.1, -0.05) is 23.7 Å². The van der Waals surface area contributed by atoms with Crippen LogP contribution in [0.15, 0.2) is 24.3 Å². The van der Waals surface area contributed by atoms with Crippen LogP contribution in [-0.2, 0) is 4.74 Å². The normalized spacial score (nSPS) is 21.4. The third-order valence-electron chi connectivity index (χ3n) is 5.72. The molecule has 2 aliphatic rings. The second-order valence-corrected chi connectivity index (χ2v) is 10.7. The van der Waals surface area contributed by atoms with Crippen molar-refractivity contribution in [2.24, 2.45) is 0 Å². The fraction of sp³-hybridized carbons (Fsp3) is 0.652. The minimum Gasteiger partial charge on any atom is -0.444 e. The van der Waals surface area contributed by atoms with E-state index in [1.807, 2.05) is 54.8 Å². The molecule has 2 heterocycles. The first-order valence-corrected chi connectivity index (χ1v) is 11.1. The number of halogens is 1. The number of carbonyl (C=O) groups excluding carboxylic acids is 2. The summed E-state index contributed by atoms with van der Waals surface area (Å²) in [4.78, 5) is 31.6. The maximum absolute atomic E-state index is 13.4. The van der Waals surface area contributed by atoms with Crippen molar-refractivity contribution in [3.05, 3.63) is 34.9 Å². The molecule has 0 aromatic heterocycles. The molecular weight excluding hydrogens is 402 g/mol. The predicted molar refractivity (Wildman–Crippen MR) is 119 cm³/mol. The van der Waals surface area contributed by atoms with Gasteiger partial charge in [0.05, 0.1) is 6.04 Å². The van der Waals surface area contributed by atoms with Crippen molar-refractivity contribution in [3.8, 4) is 0 Å². The average Bonchev–Trinajstić information content (AvgIpc) is 2.98. The van der Waals surface area contributed by atoms with Gasteiger partial charge in [0, 0.05) is 36.2 Å². The van der Waals surface area contributed by atoms with Crippen LogP contribution in [0.4, 0.5) is 9.59 Å². The van der Waals surface area contributed by atoms with Crippen LogP contribution in [-0.4, -0.2) is 63.6 Å². The molecule has 3 amide bonds. The Bertz CT molecular complexity index is 774. The molecule has 0 aliphatic carbocycles. The number of urea groups is 1. The van der Waals surface area contributed by atoms with Crippen molar-refractivity contribution in [1.29, 1.82) is 0 Å². The average molecular weight is 436 g/mol. The minimum atomic E-state index is -0.508. The van der Waals surface area contributed by atoms with E-state index >= 15 is 0 Å². The van der Waals surface area contributed by atoms with E-state index in [1.165, 1.54) is 0 Å². The molecule has 1 aromatic carbocycles. The summed E-state index contributed by atoms with van der Waals surface area (Å²) in [5, 5.41) is 0.688.